The lowest BCUT2D eigenvalue weighted by molar-refractivity contribution is 0.185. The molecule has 0 unspecified atom stereocenters. The minimum Gasteiger partial charge on any atom is -0.299 e. The second-order valence-corrected chi connectivity index (χ2v) is 7.49. The third kappa shape index (κ3) is 2.87. The largest absolute Gasteiger partial charge is 0.299 e. The van der Waals surface area contributed by atoms with Crippen molar-refractivity contribution < 1.29 is 8.42 Å². The maximum atomic E-state index is 12.2. The van der Waals surface area contributed by atoms with Gasteiger partial charge >= 0.3 is 0 Å². The lowest BCUT2D eigenvalue weighted by Crippen LogP contribution is -2.51. The monoisotopic (exact) mass is 275 g/mol. The van der Waals surface area contributed by atoms with Crippen molar-refractivity contribution in [2.24, 2.45) is 0 Å². The lowest BCUT2D eigenvalue weighted by atomic mass is 10.00. The van der Waals surface area contributed by atoms with E-state index in [2.05, 4.69) is 9.62 Å². The standard InChI is InChI=1S/C12H25N3O2S/c1-10(2)14(3)18(16,17)13-11-7-9-15-8-5-4-6-12(11)15/h10-13H,4-9H2,1-3H3/t11-,12-/m1/s1. The average Bonchev–Trinajstić information content (AvgIpc) is 2.71. The first kappa shape index (κ1) is 14.2. The Balaban J connectivity index is 2.01. The van der Waals surface area contributed by atoms with E-state index in [1.165, 1.54) is 17.1 Å². The number of nitrogens with one attached hydrogen (secondary N) is 1. The van der Waals surface area contributed by atoms with Gasteiger partial charge in [-0.15, -0.1) is 0 Å². The molecule has 2 saturated heterocycles. The maximum absolute atomic E-state index is 12.2. The van der Waals surface area contributed by atoms with Crippen molar-refractivity contribution >= 4 is 10.2 Å². The van der Waals surface area contributed by atoms with Gasteiger partial charge in [0.1, 0.15) is 0 Å². The number of hydrogen-bond acceptors (Lipinski definition) is 3. The van der Waals surface area contributed by atoms with Crippen LogP contribution in [-0.4, -0.2) is 55.9 Å². The summed E-state index contributed by atoms with van der Waals surface area (Å²) < 4.78 is 28.7. The van der Waals surface area contributed by atoms with Gasteiger partial charge in [0.05, 0.1) is 0 Å². The topological polar surface area (TPSA) is 52.7 Å². The first-order valence-corrected chi connectivity index (χ1v) is 8.35. The molecular formula is C12H25N3O2S. The Morgan fingerprint density at radius 1 is 1.22 bits per heavy atom. The van der Waals surface area contributed by atoms with E-state index in [1.54, 1.807) is 7.05 Å². The van der Waals surface area contributed by atoms with Gasteiger partial charge in [-0.3, -0.25) is 4.90 Å². The number of nitrogens with zero attached hydrogens (tertiary/aromatic N) is 2. The molecule has 2 rings (SSSR count). The van der Waals surface area contributed by atoms with Gasteiger partial charge in [0.25, 0.3) is 10.2 Å². The Bertz CT molecular complexity index is 383. The maximum Gasteiger partial charge on any atom is 0.279 e. The summed E-state index contributed by atoms with van der Waals surface area (Å²) in [7, 11) is -1.70. The summed E-state index contributed by atoms with van der Waals surface area (Å²) in [5.74, 6) is 0. The number of piperidine rings is 1. The molecule has 0 amide bonds. The zero-order valence-corrected chi connectivity index (χ0v) is 12.4. The molecule has 0 bridgehead atoms. The van der Waals surface area contributed by atoms with Gasteiger partial charge < -0.3 is 0 Å². The zero-order valence-electron chi connectivity index (χ0n) is 11.6. The van der Waals surface area contributed by atoms with Gasteiger partial charge in [0.15, 0.2) is 0 Å². The van der Waals surface area contributed by atoms with Gasteiger partial charge in [0, 0.05) is 31.7 Å². The van der Waals surface area contributed by atoms with Crippen LogP contribution in [0.25, 0.3) is 0 Å². The zero-order chi connectivity index (χ0) is 13.3. The fourth-order valence-corrected chi connectivity index (χ4v) is 4.32. The van der Waals surface area contributed by atoms with Crippen molar-refractivity contribution in [1.82, 2.24) is 13.9 Å². The highest BCUT2D eigenvalue weighted by Crippen LogP contribution is 2.27. The predicted octanol–water partition coefficient (Wildman–Crippen LogP) is 0.788. The summed E-state index contributed by atoms with van der Waals surface area (Å²) in [5, 5.41) is 0. The molecule has 5 nitrogen and oxygen atoms in total. The quantitative estimate of drug-likeness (QED) is 0.825. The fraction of sp³-hybridized carbons (Fsp3) is 1.00. The second-order valence-electron chi connectivity index (χ2n) is 5.73. The number of fused-ring (bicyclic) bond motifs is 1. The molecule has 18 heavy (non-hydrogen) atoms. The Labute approximate surface area is 111 Å². The van der Waals surface area contributed by atoms with Gasteiger partial charge in [-0.2, -0.15) is 17.4 Å². The minimum atomic E-state index is -3.34. The summed E-state index contributed by atoms with van der Waals surface area (Å²) in [6.07, 6.45) is 4.54. The minimum absolute atomic E-state index is 0.00800. The first-order chi connectivity index (χ1) is 8.42. The van der Waals surface area contributed by atoms with Crippen LogP contribution in [-0.2, 0) is 10.2 Å². The van der Waals surface area contributed by atoms with Crippen LogP contribution in [0, 0.1) is 0 Å². The van der Waals surface area contributed by atoms with Crippen LogP contribution in [0.1, 0.15) is 39.5 Å². The molecule has 0 radical (unpaired) electrons. The van der Waals surface area contributed by atoms with E-state index < -0.39 is 10.2 Å². The highest BCUT2D eigenvalue weighted by Gasteiger charge is 2.38. The van der Waals surface area contributed by atoms with E-state index in [0.717, 1.165) is 25.9 Å². The molecule has 2 aliphatic heterocycles. The molecule has 6 heteroatoms. The van der Waals surface area contributed by atoms with Crippen molar-refractivity contribution in [3.05, 3.63) is 0 Å². The summed E-state index contributed by atoms with van der Waals surface area (Å²) in [5.41, 5.74) is 0. The molecule has 0 saturated carbocycles. The second kappa shape index (κ2) is 5.45. The van der Waals surface area contributed by atoms with Gasteiger partial charge in [-0.05, 0) is 39.7 Å². The third-order valence-electron chi connectivity index (χ3n) is 4.26. The van der Waals surface area contributed by atoms with Crippen molar-refractivity contribution in [2.45, 2.75) is 57.7 Å². The summed E-state index contributed by atoms with van der Waals surface area (Å²) in [6, 6.07) is 0.497. The molecule has 0 spiro atoms. The summed E-state index contributed by atoms with van der Waals surface area (Å²) in [4.78, 5) is 2.44. The molecule has 0 aromatic heterocycles. The smallest absolute Gasteiger partial charge is 0.279 e. The SMILES string of the molecule is CC(C)N(C)S(=O)(=O)N[C@@H]1CCN2CCCC[C@H]12. The summed E-state index contributed by atoms with van der Waals surface area (Å²) >= 11 is 0. The van der Waals surface area contributed by atoms with Crippen LogP contribution in [0.5, 0.6) is 0 Å². The highest BCUT2D eigenvalue weighted by atomic mass is 32.2. The Morgan fingerprint density at radius 3 is 2.61 bits per heavy atom. The van der Waals surface area contributed by atoms with Gasteiger partial charge in [0.2, 0.25) is 0 Å². The number of hydrogen-bond donors (Lipinski definition) is 1. The average molecular weight is 275 g/mol. The number of rotatable bonds is 4. The molecular weight excluding hydrogens is 250 g/mol. The predicted molar refractivity (Wildman–Crippen MR) is 72.6 cm³/mol. The first-order valence-electron chi connectivity index (χ1n) is 6.91. The van der Waals surface area contributed by atoms with Crippen LogP contribution >= 0.6 is 0 Å². The van der Waals surface area contributed by atoms with Crippen LogP contribution in [0.3, 0.4) is 0 Å². The molecule has 1 N–H and O–H groups in total. The summed E-state index contributed by atoms with van der Waals surface area (Å²) in [6.45, 7) is 5.94. The van der Waals surface area contributed by atoms with Crippen LogP contribution in [0.4, 0.5) is 0 Å². The van der Waals surface area contributed by atoms with Crippen molar-refractivity contribution in [2.75, 3.05) is 20.1 Å². The van der Waals surface area contributed by atoms with Gasteiger partial charge in [-0.1, -0.05) is 6.42 Å². The van der Waals surface area contributed by atoms with Gasteiger partial charge in [-0.25, -0.2) is 0 Å². The Morgan fingerprint density at radius 2 is 1.94 bits per heavy atom. The highest BCUT2D eigenvalue weighted by molar-refractivity contribution is 7.87. The van der Waals surface area contributed by atoms with E-state index in [-0.39, 0.29) is 12.1 Å². The van der Waals surface area contributed by atoms with Crippen molar-refractivity contribution in [3.63, 3.8) is 0 Å². The van der Waals surface area contributed by atoms with Crippen LogP contribution in [0.15, 0.2) is 0 Å². The van der Waals surface area contributed by atoms with Crippen molar-refractivity contribution in [1.29, 1.82) is 0 Å². The molecule has 2 atom stereocenters. The molecule has 0 aromatic carbocycles. The van der Waals surface area contributed by atoms with E-state index in [0.29, 0.717) is 6.04 Å². The normalized spacial score (nSPS) is 30.1. The van der Waals surface area contributed by atoms with Crippen molar-refractivity contribution in [3.8, 4) is 0 Å². The molecule has 0 aliphatic carbocycles. The molecule has 2 fully saturated rings. The Hall–Kier alpha value is -0.170. The molecule has 0 aromatic rings. The molecule has 2 aliphatic rings. The van der Waals surface area contributed by atoms with E-state index in [4.69, 9.17) is 0 Å². The fourth-order valence-electron chi connectivity index (χ4n) is 2.94. The van der Waals surface area contributed by atoms with E-state index >= 15 is 0 Å². The van der Waals surface area contributed by atoms with E-state index in [9.17, 15) is 8.42 Å². The van der Waals surface area contributed by atoms with E-state index in [1.807, 2.05) is 13.8 Å². The third-order valence-corrected chi connectivity index (χ3v) is 6.04. The molecule has 106 valence electrons. The Kier molecular flexibility index (Phi) is 4.31. The van der Waals surface area contributed by atoms with Crippen LogP contribution in [0.2, 0.25) is 0 Å². The lowest BCUT2D eigenvalue weighted by Gasteiger charge is -2.33. The van der Waals surface area contributed by atoms with Crippen LogP contribution < -0.4 is 4.72 Å². The molecule has 2 heterocycles.